The van der Waals surface area contributed by atoms with Crippen molar-refractivity contribution in [2.45, 2.75) is 0 Å². The van der Waals surface area contributed by atoms with E-state index in [1.54, 1.807) is 18.2 Å². The predicted molar refractivity (Wildman–Crippen MR) is 84.0 cm³/mol. The van der Waals surface area contributed by atoms with Crippen molar-refractivity contribution in [1.29, 1.82) is 0 Å². The summed E-state index contributed by atoms with van der Waals surface area (Å²) >= 11 is 9.05. The van der Waals surface area contributed by atoms with E-state index in [1.807, 2.05) is 0 Å². The number of aromatic hydroxyl groups is 2. The molecule has 0 fully saturated rings. The molecule has 108 valence electrons. The maximum Gasteiger partial charge on any atom is 0.275 e. The van der Waals surface area contributed by atoms with Crippen molar-refractivity contribution in [2.24, 2.45) is 5.10 Å². The number of hydrazone groups is 1. The van der Waals surface area contributed by atoms with Crippen molar-refractivity contribution in [3.8, 4) is 11.5 Å². The van der Waals surface area contributed by atoms with Gasteiger partial charge in [-0.3, -0.25) is 4.79 Å². The quantitative estimate of drug-likeness (QED) is 0.573. The Bertz CT molecular complexity index is 719. The summed E-state index contributed by atoms with van der Waals surface area (Å²) in [7, 11) is 0. The Labute approximate surface area is 134 Å². The number of halogens is 2. The summed E-state index contributed by atoms with van der Waals surface area (Å²) in [5, 5.41) is 23.2. The van der Waals surface area contributed by atoms with Gasteiger partial charge in [0.25, 0.3) is 5.91 Å². The van der Waals surface area contributed by atoms with Gasteiger partial charge in [0.05, 0.1) is 16.8 Å². The summed E-state index contributed by atoms with van der Waals surface area (Å²) in [5.41, 5.74) is 2.70. The highest BCUT2D eigenvalue weighted by atomic mass is 79.9. The summed E-state index contributed by atoms with van der Waals surface area (Å²) < 4.78 is 0.666. The number of para-hydroxylation sites is 1. The van der Waals surface area contributed by atoms with Crippen LogP contribution in [0.5, 0.6) is 11.5 Å². The SMILES string of the molecule is O=C(N/N=C/c1cc(Br)cc(Cl)c1O)c1ccccc1O. The third-order valence-corrected chi connectivity index (χ3v) is 3.32. The van der Waals surface area contributed by atoms with E-state index < -0.39 is 5.91 Å². The molecule has 0 spiro atoms. The number of nitrogens with one attached hydrogen (secondary N) is 1. The highest BCUT2D eigenvalue weighted by molar-refractivity contribution is 9.10. The van der Waals surface area contributed by atoms with Gasteiger partial charge in [-0.25, -0.2) is 5.43 Å². The highest BCUT2D eigenvalue weighted by Crippen LogP contribution is 2.30. The molecular weight excluding hydrogens is 360 g/mol. The van der Waals surface area contributed by atoms with Crippen molar-refractivity contribution < 1.29 is 15.0 Å². The highest BCUT2D eigenvalue weighted by Gasteiger charge is 2.09. The van der Waals surface area contributed by atoms with E-state index in [0.717, 1.165) is 0 Å². The first-order valence-electron chi connectivity index (χ1n) is 5.78. The minimum absolute atomic E-state index is 0.103. The summed E-state index contributed by atoms with van der Waals surface area (Å²) in [6.45, 7) is 0. The van der Waals surface area contributed by atoms with Crippen molar-refractivity contribution in [2.75, 3.05) is 0 Å². The molecular formula is C14H10BrClN2O3. The predicted octanol–water partition coefficient (Wildman–Crippen LogP) is 3.28. The summed E-state index contributed by atoms with van der Waals surface area (Å²) in [4.78, 5) is 11.8. The van der Waals surface area contributed by atoms with Gasteiger partial charge < -0.3 is 10.2 Å². The van der Waals surface area contributed by atoms with E-state index in [0.29, 0.717) is 10.0 Å². The molecule has 0 heterocycles. The van der Waals surface area contributed by atoms with Crippen molar-refractivity contribution >= 4 is 39.7 Å². The van der Waals surface area contributed by atoms with Gasteiger partial charge in [-0.1, -0.05) is 39.7 Å². The molecule has 0 unspecified atom stereocenters. The summed E-state index contributed by atoms with van der Waals surface area (Å²) in [6.07, 6.45) is 1.25. The normalized spacial score (nSPS) is 10.8. The van der Waals surface area contributed by atoms with Crippen LogP contribution in [0, 0.1) is 0 Å². The monoisotopic (exact) mass is 368 g/mol. The largest absolute Gasteiger partial charge is 0.507 e. The second-order valence-electron chi connectivity index (χ2n) is 4.04. The van der Waals surface area contributed by atoms with E-state index in [1.165, 1.54) is 24.4 Å². The van der Waals surface area contributed by atoms with Gasteiger partial charge in [0.15, 0.2) is 0 Å². The van der Waals surface area contributed by atoms with Crippen LogP contribution in [0.25, 0.3) is 0 Å². The Morgan fingerprint density at radius 3 is 2.71 bits per heavy atom. The van der Waals surface area contributed by atoms with E-state index in [9.17, 15) is 15.0 Å². The Hall–Kier alpha value is -2.05. The molecule has 0 bridgehead atoms. The van der Waals surface area contributed by atoms with Gasteiger partial charge in [0, 0.05) is 10.0 Å². The standard InChI is InChI=1S/C14H10BrClN2O3/c15-9-5-8(13(20)11(16)6-9)7-17-18-14(21)10-3-1-2-4-12(10)19/h1-7,19-20H,(H,18,21)/b17-7+. The molecule has 0 radical (unpaired) electrons. The summed E-state index contributed by atoms with van der Waals surface area (Å²) in [6, 6.07) is 9.23. The van der Waals surface area contributed by atoms with E-state index in [4.69, 9.17) is 11.6 Å². The van der Waals surface area contributed by atoms with Crippen molar-refractivity contribution in [3.63, 3.8) is 0 Å². The minimum atomic E-state index is -0.565. The first-order valence-corrected chi connectivity index (χ1v) is 6.95. The molecule has 2 aromatic rings. The zero-order valence-corrected chi connectivity index (χ0v) is 12.9. The van der Waals surface area contributed by atoms with Crippen LogP contribution in [0.1, 0.15) is 15.9 Å². The molecule has 1 amide bonds. The van der Waals surface area contributed by atoms with Crippen LogP contribution in [-0.4, -0.2) is 22.3 Å². The molecule has 2 rings (SSSR count). The first kappa shape index (κ1) is 15.3. The topological polar surface area (TPSA) is 81.9 Å². The van der Waals surface area contributed by atoms with Crippen LogP contribution < -0.4 is 5.43 Å². The summed E-state index contributed by atoms with van der Waals surface area (Å²) in [5.74, 6) is -0.844. The Morgan fingerprint density at radius 1 is 1.29 bits per heavy atom. The van der Waals surface area contributed by atoms with E-state index in [-0.39, 0.29) is 22.1 Å². The van der Waals surface area contributed by atoms with Gasteiger partial charge in [0.1, 0.15) is 11.5 Å². The molecule has 0 aliphatic carbocycles. The van der Waals surface area contributed by atoms with Crippen molar-refractivity contribution in [1.82, 2.24) is 5.43 Å². The number of carbonyl (C=O) groups is 1. The molecule has 0 aromatic heterocycles. The third kappa shape index (κ3) is 3.74. The number of hydrogen-bond donors (Lipinski definition) is 3. The molecule has 0 saturated carbocycles. The fraction of sp³-hybridized carbons (Fsp3) is 0. The molecule has 0 aliphatic rings. The average Bonchev–Trinajstić information content (AvgIpc) is 2.44. The number of nitrogens with zero attached hydrogens (tertiary/aromatic N) is 1. The zero-order chi connectivity index (χ0) is 15.4. The lowest BCUT2D eigenvalue weighted by Gasteiger charge is -2.04. The Balaban J connectivity index is 2.13. The molecule has 21 heavy (non-hydrogen) atoms. The van der Waals surface area contributed by atoms with Gasteiger partial charge in [-0.2, -0.15) is 5.10 Å². The second-order valence-corrected chi connectivity index (χ2v) is 5.36. The maximum atomic E-state index is 11.8. The number of rotatable bonds is 3. The van der Waals surface area contributed by atoms with E-state index in [2.05, 4.69) is 26.5 Å². The molecule has 7 heteroatoms. The van der Waals surface area contributed by atoms with Crippen LogP contribution in [-0.2, 0) is 0 Å². The molecule has 0 atom stereocenters. The lowest BCUT2D eigenvalue weighted by atomic mass is 10.2. The molecule has 2 aromatic carbocycles. The third-order valence-electron chi connectivity index (χ3n) is 2.58. The Kier molecular flexibility index (Phi) is 4.82. The van der Waals surface area contributed by atoms with Gasteiger partial charge >= 0.3 is 0 Å². The number of phenolic OH excluding ortho intramolecular Hbond substituents is 2. The molecule has 3 N–H and O–H groups in total. The molecule has 0 aliphatic heterocycles. The number of benzene rings is 2. The molecule has 0 saturated heterocycles. The number of amides is 1. The van der Waals surface area contributed by atoms with Crippen LogP contribution in [0.4, 0.5) is 0 Å². The van der Waals surface area contributed by atoms with Gasteiger partial charge in [-0.05, 0) is 24.3 Å². The fourth-order valence-electron chi connectivity index (χ4n) is 1.57. The van der Waals surface area contributed by atoms with Gasteiger partial charge in [-0.15, -0.1) is 0 Å². The number of carbonyl (C=O) groups excluding carboxylic acids is 1. The van der Waals surface area contributed by atoms with Crippen molar-refractivity contribution in [3.05, 3.63) is 57.0 Å². The zero-order valence-electron chi connectivity index (χ0n) is 10.5. The average molecular weight is 370 g/mol. The second kappa shape index (κ2) is 6.60. The van der Waals surface area contributed by atoms with Crippen LogP contribution >= 0.6 is 27.5 Å². The molecule has 5 nitrogen and oxygen atoms in total. The van der Waals surface area contributed by atoms with Crippen LogP contribution in [0.3, 0.4) is 0 Å². The van der Waals surface area contributed by atoms with Gasteiger partial charge in [0.2, 0.25) is 0 Å². The van der Waals surface area contributed by atoms with Crippen LogP contribution in [0.15, 0.2) is 46.0 Å². The first-order chi connectivity index (χ1) is 9.99. The maximum absolute atomic E-state index is 11.8. The fourth-order valence-corrected chi connectivity index (χ4v) is 2.40. The Morgan fingerprint density at radius 2 is 2.00 bits per heavy atom. The lowest BCUT2D eigenvalue weighted by Crippen LogP contribution is -2.17. The lowest BCUT2D eigenvalue weighted by molar-refractivity contribution is 0.0952. The van der Waals surface area contributed by atoms with E-state index >= 15 is 0 Å². The number of phenols is 2. The minimum Gasteiger partial charge on any atom is -0.507 e. The van der Waals surface area contributed by atoms with Crippen LogP contribution in [0.2, 0.25) is 5.02 Å². The smallest absolute Gasteiger partial charge is 0.275 e. The number of hydrogen-bond acceptors (Lipinski definition) is 4.